The van der Waals surface area contributed by atoms with Gasteiger partial charge in [-0.2, -0.15) is 0 Å². The summed E-state index contributed by atoms with van der Waals surface area (Å²) < 4.78 is 62.8. The Bertz CT molecular complexity index is 443. The summed E-state index contributed by atoms with van der Waals surface area (Å²) in [7, 11) is -4.53. The Morgan fingerprint density at radius 2 is 1.72 bits per heavy atom. The second-order valence-corrected chi connectivity index (χ2v) is 5.96. The highest BCUT2D eigenvalue weighted by molar-refractivity contribution is 7.89. The van der Waals surface area contributed by atoms with Crippen LogP contribution in [0.2, 0.25) is 0 Å². The minimum Gasteiger partial charge on any atom is -0.443 e. The van der Waals surface area contributed by atoms with Crippen molar-refractivity contribution in [2.45, 2.75) is 26.4 Å². The minimum absolute atomic E-state index is 0.422. The Hall–Kier alpha value is -1.52. The lowest BCUT2D eigenvalue weighted by atomic mass is 10.2. The van der Waals surface area contributed by atoms with Gasteiger partial charge in [-0.3, -0.25) is 0 Å². The Kier molecular flexibility index (Phi) is 4.96. The van der Waals surface area contributed by atoms with Gasteiger partial charge in [0, 0.05) is 5.34 Å². The van der Waals surface area contributed by atoms with Gasteiger partial charge in [0.1, 0.15) is 5.60 Å². The van der Waals surface area contributed by atoms with Crippen LogP contribution in [0.25, 0.3) is 0 Å². The zero-order valence-electron chi connectivity index (χ0n) is 10.0. The molecule has 7 nitrogen and oxygen atoms in total. The van der Waals surface area contributed by atoms with E-state index in [1.54, 1.807) is 5.21 Å². The van der Waals surface area contributed by atoms with E-state index >= 15 is 0 Å². The first-order chi connectivity index (χ1) is 7.90. The van der Waals surface area contributed by atoms with Gasteiger partial charge in [0.25, 0.3) is 0 Å². The summed E-state index contributed by atoms with van der Waals surface area (Å²) in [5.74, 6) is -2.01. The molecule has 0 aromatic carbocycles. The molecule has 11 heteroatoms. The Morgan fingerprint density at radius 3 is 1.94 bits per heavy atom. The number of halogens is 3. The monoisotopic (exact) mass is 291 g/mol. The number of hydrogen-bond acceptors (Lipinski definition) is 5. The van der Waals surface area contributed by atoms with Crippen LogP contribution in [0.1, 0.15) is 20.8 Å². The molecule has 0 radical (unpaired) electrons. The third-order valence-electron chi connectivity index (χ3n) is 1.30. The van der Waals surface area contributed by atoms with Crippen molar-refractivity contribution in [1.29, 1.82) is 0 Å². The normalized spacial score (nSPS) is 13.2. The fourth-order valence-electron chi connectivity index (χ4n) is 0.800. The fourth-order valence-corrected chi connectivity index (χ4v) is 1.50. The predicted molar refractivity (Wildman–Crippen MR) is 55.5 cm³/mol. The molecule has 0 aromatic rings. The Labute approximate surface area is 102 Å². The van der Waals surface area contributed by atoms with Crippen LogP contribution < -0.4 is 0 Å². The van der Waals surface area contributed by atoms with Gasteiger partial charge < -0.3 is 4.74 Å². The first-order valence-electron chi connectivity index (χ1n) is 4.44. The second-order valence-electron chi connectivity index (χ2n) is 4.13. The third kappa shape index (κ3) is 4.77. The summed E-state index contributed by atoms with van der Waals surface area (Å²) in [6.07, 6.45) is -1.27. The molecule has 0 aliphatic carbocycles. The third-order valence-corrected chi connectivity index (χ3v) is 2.28. The molecule has 1 amide bonds. The van der Waals surface area contributed by atoms with Crippen molar-refractivity contribution >= 4 is 22.1 Å². The van der Waals surface area contributed by atoms with E-state index in [1.165, 1.54) is 20.8 Å². The Balaban J connectivity index is 5.48. The number of carbonyl (C=O) groups excluding carboxylic acids is 1. The van der Waals surface area contributed by atoms with Crippen LogP contribution >= 0.6 is 0 Å². The van der Waals surface area contributed by atoms with E-state index in [0.717, 1.165) is 0 Å². The molecule has 0 aliphatic rings. The molecule has 0 unspecified atom stereocenters. The van der Waals surface area contributed by atoms with E-state index in [0.29, 0.717) is 6.26 Å². The number of amides is 1. The van der Waals surface area contributed by atoms with Crippen LogP contribution in [0, 0.1) is 0 Å². The molecule has 0 bridgehead atoms. The van der Waals surface area contributed by atoms with E-state index in [2.05, 4.69) is 4.74 Å². The maximum absolute atomic E-state index is 12.2. The van der Waals surface area contributed by atoms with E-state index in [4.69, 9.17) is 0 Å². The van der Waals surface area contributed by atoms with Crippen molar-refractivity contribution in [3.63, 3.8) is 0 Å². The van der Waals surface area contributed by atoms with E-state index < -0.39 is 37.3 Å². The highest BCUT2D eigenvalue weighted by atomic mass is 32.2. The van der Waals surface area contributed by atoms with E-state index in [9.17, 15) is 26.7 Å². The van der Waals surface area contributed by atoms with Gasteiger partial charge in [-0.25, -0.2) is 13.2 Å². The van der Waals surface area contributed by atoms with Crippen molar-refractivity contribution in [3.8, 4) is 0 Å². The number of sulfonamides is 1. The average Bonchev–Trinajstić information content (AvgIpc) is 2.07. The molecule has 0 N–H and O–H groups in total. The molecule has 0 spiro atoms. The Morgan fingerprint density at radius 1 is 1.28 bits per heavy atom. The van der Waals surface area contributed by atoms with E-state index in [1.807, 2.05) is 0 Å². The molecule has 0 fully saturated rings. The summed E-state index contributed by atoms with van der Waals surface area (Å²) >= 11 is 0. The fraction of sp³-hybridized carbons (Fsp3) is 0.714. The van der Waals surface area contributed by atoms with Crippen molar-refractivity contribution in [2.24, 2.45) is 5.21 Å². The topological polar surface area (TPSA) is 79.3 Å². The highest BCUT2D eigenvalue weighted by Gasteiger charge is 2.37. The summed E-state index contributed by atoms with van der Waals surface area (Å²) in [5.41, 5.74) is -1.15. The minimum atomic E-state index is -4.53. The van der Waals surface area contributed by atoms with Crippen molar-refractivity contribution in [3.05, 3.63) is 0 Å². The van der Waals surface area contributed by atoms with Crippen LogP contribution in [-0.2, 0) is 14.8 Å². The van der Waals surface area contributed by atoms with Crippen LogP contribution in [0.5, 0.6) is 0 Å². The van der Waals surface area contributed by atoms with Crippen LogP contribution in [-0.4, -0.2) is 42.0 Å². The number of hydrogen-bond donors (Lipinski definition) is 0. The van der Waals surface area contributed by atoms with Gasteiger partial charge in [0.15, 0.2) is 0 Å². The second kappa shape index (κ2) is 5.42. The molecular formula is C7H12F3N3O4S. The lowest BCUT2D eigenvalue weighted by Gasteiger charge is -2.25. The zero-order chi connectivity index (χ0) is 14.7. The van der Waals surface area contributed by atoms with Crippen molar-refractivity contribution in [1.82, 2.24) is 9.65 Å². The van der Waals surface area contributed by atoms with Gasteiger partial charge >= 0.3 is 12.1 Å². The van der Waals surface area contributed by atoms with Crippen LogP contribution in [0.15, 0.2) is 5.21 Å². The molecule has 0 rings (SSSR count). The van der Waals surface area contributed by atoms with Gasteiger partial charge in [0.2, 0.25) is 10.0 Å². The van der Waals surface area contributed by atoms with Crippen LogP contribution in [0.4, 0.5) is 18.2 Å². The molecule has 0 saturated carbocycles. The first-order valence-corrected chi connectivity index (χ1v) is 6.29. The molecule has 0 heterocycles. The lowest BCUT2D eigenvalue weighted by Crippen LogP contribution is -2.47. The number of ether oxygens (including phenoxy) is 1. The smallest absolute Gasteiger partial charge is 0.431 e. The standard InChI is InChI=1S/C7H12F3N3O4S/c1-7(2,3)17-6(14)12(18(4,15)16)5(11-8)13(9)10/h1-4H3. The van der Waals surface area contributed by atoms with Gasteiger partial charge in [-0.1, -0.05) is 13.4 Å². The van der Waals surface area contributed by atoms with Gasteiger partial charge in [-0.05, 0) is 26.0 Å². The van der Waals surface area contributed by atoms with Crippen molar-refractivity contribution in [2.75, 3.05) is 6.26 Å². The summed E-state index contributed by atoms with van der Waals surface area (Å²) in [6.45, 7) is 4.13. The van der Waals surface area contributed by atoms with Crippen molar-refractivity contribution < 1.29 is 31.4 Å². The molecule has 0 atom stereocenters. The van der Waals surface area contributed by atoms with Gasteiger partial charge in [-0.15, -0.1) is 4.31 Å². The highest BCUT2D eigenvalue weighted by Crippen LogP contribution is 2.15. The summed E-state index contributed by atoms with van der Waals surface area (Å²) in [4.78, 5) is 11.4. The molecule has 106 valence electrons. The molecule has 0 saturated heterocycles. The number of rotatable bonds is 1. The maximum Gasteiger partial charge on any atom is 0.431 e. The largest absolute Gasteiger partial charge is 0.443 e. The lowest BCUT2D eigenvalue weighted by molar-refractivity contribution is -0.0845. The average molecular weight is 291 g/mol. The molecule has 0 aliphatic heterocycles. The molecule has 18 heavy (non-hydrogen) atoms. The first kappa shape index (κ1) is 16.5. The van der Waals surface area contributed by atoms with Gasteiger partial charge in [0.05, 0.1) is 6.26 Å². The number of carbonyl (C=O) groups is 1. The quantitative estimate of drug-likeness (QED) is 0.415. The summed E-state index contributed by atoms with van der Waals surface area (Å²) in [6, 6.07) is 0. The van der Waals surface area contributed by atoms with E-state index in [-0.39, 0.29) is 0 Å². The number of nitrogens with zero attached hydrogens (tertiary/aromatic N) is 3. The van der Waals surface area contributed by atoms with Crippen LogP contribution in [0.3, 0.4) is 0 Å². The predicted octanol–water partition coefficient (Wildman–Crippen LogP) is 1.49. The zero-order valence-corrected chi connectivity index (χ0v) is 10.8. The SMILES string of the molecule is CC(C)(C)OC(=O)N(C(=NF)N(F)F)S(C)(=O)=O. The number of guanidine groups is 1. The molecule has 0 aromatic heterocycles. The summed E-state index contributed by atoms with van der Waals surface area (Å²) in [5, 5.41) is -0.409. The molecular weight excluding hydrogens is 279 g/mol. The maximum atomic E-state index is 12.2.